The summed E-state index contributed by atoms with van der Waals surface area (Å²) in [7, 11) is 0. The van der Waals surface area contributed by atoms with E-state index in [4.69, 9.17) is 0 Å². The van der Waals surface area contributed by atoms with Gasteiger partial charge in [-0.1, -0.05) is 218 Å². The molecule has 308 valence electrons. The van der Waals surface area contributed by atoms with Crippen LogP contribution in [-0.4, -0.2) is 0 Å². The summed E-state index contributed by atoms with van der Waals surface area (Å²) in [6.45, 7) is 0. The Morgan fingerprint density at radius 1 is 0.273 bits per heavy atom. The molecular weight excluding hydrogens is 795 g/mol. The van der Waals surface area contributed by atoms with Gasteiger partial charge in [-0.15, -0.1) is 0 Å². The van der Waals surface area contributed by atoms with Crippen molar-refractivity contribution in [1.29, 1.82) is 0 Å². The summed E-state index contributed by atoms with van der Waals surface area (Å²) in [5, 5.41) is 10.1. The number of hydrogen-bond donors (Lipinski definition) is 0. The molecule has 0 bridgehead atoms. The summed E-state index contributed by atoms with van der Waals surface area (Å²) < 4.78 is 0. The molecule has 0 atom stereocenters. The van der Waals surface area contributed by atoms with Crippen LogP contribution in [0.2, 0.25) is 0 Å². The third kappa shape index (κ3) is 5.80. The number of hydrogen-bond acceptors (Lipinski definition) is 1. The standard InChI is InChI=1S/C65H43N/c1-3-20-48(21-4-1)65(49-22-5-2-6-23-49)61-31-16-15-30-58(61)64-62(65)32-17-33-63(64)66(50-38-34-44(35-39-50)59-42-46-18-7-9-24-52(46)54-26-11-13-28-56(54)59)51-40-36-45(37-41-51)60-43-47-19-8-10-25-53(47)55-27-12-14-29-57(55)60/h1-43H. The molecular formula is C65H43N. The van der Waals surface area contributed by atoms with Gasteiger partial charge in [0.05, 0.1) is 11.1 Å². The van der Waals surface area contributed by atoms with Crippen LogP contribution in [0.25, 0.3) is 76.5 Å². The molecule has 12 aromatic rings. The Morgan fingerprint density at radius 2 is 0.682 bits per heavy atom. The summed E-state index contributed by atoms with van der Waals surface area (Å²) in [5.74, 6) is 0. The smallest absolute Gasteiger partial charge is 0.0714 e. The predicted octanol–water partition coefficient (Wildman–Crippen LogP) is 17.5. The highest BCUT2D eigenvalue weighted by molar-refractivity contribution is 6.15. The Morgan fingerprint density at radius 3 is 1.20 bits per heavy atom. The molecule has 66 heavy (non-hydrogen) atoms. The lowest BCUT2D eigenvalue weighted by atomic mass is 9.68. The molecule has 1 aliphatic carbocycles. The molecule has 0 N–H and O–H groups in total. The van der Waals surface area contributed by atoms with Crippen molar-refractivity contribution in [1.82, 2.24) is 0 Å². The Labute approximate surface area is 385 Å². The first kappa shape index (κ1) is 38.0. The third-order valence-electron chi connectivity index (χ3n) is 14.1. The Kier molecular flexibility index (Phi) is 8.82. The van der Waals surface area contributed by atoms with Gasteiger partial charge in [-0.05, 0) is 136 Å². The van der Waals surface area contributed by atoms with Gasteiger partial charge in [0.25, 0.3) is 0 Å². The molecule has 1 aliphatic rings. The van der Waals surface area contributed by atoms with Gasteiger partial charge in [0.1, 0.15) is 0 Å². The van der Waals surface area contributed by atoms with Crippen LogP contribution in [0.4, 0.5) is 17.1 Å². The minimum absolute atomic E-state index is 0.516. The van der Waals surface area contributed by atoms with E-state index in [2.05, 4.69) is 266 Å². The molecule has 0 heterocycles. The van der Waals surface area contributed by atoms with E-state index in [1.807, 2.05) is 0 Å². The van der Waals surface area contributed by atoms with Gasteiger partial charge < -0.3 is 4.90 Å². The third-order valence-corrected chi connectivity index (χ3v) is 14.1. The zero-order valence-corrected chi connectivity index (χ0v) is 36.3. The van der Waals surface area contributed by atoms with Crippen molar-refractivity contribution in [2.75, 3.05) is 4.90 Å². The maximum absolute atomic E-state index is 2.48. The number of anilines is 3. The van der Waals surface area contributed by atoms with E-state index in [-0.39, 0.29) is 0 Å². The quantitative estimate of drug-likeness (QED) is 0.145. The van der Waals surface area contributed by atoms with Crippen molar-refractivity contribution in [2.45, 2.75) is 5.41 Å². The second kappa shape index (κ2) is 15.3. The highest BCUT2D eigenvalue weighted by Crippen LogP contribution is 2.59. The minimum atomic E-state index is -0.516. The lowest BCUT2D eigenvalue weighted by Crippen LogP contribution is -2.28. The maximum atomic E-state index is 2.48. The van der Waals surface area contributed by atoms with Crippen molar-refractivity contribution in [3.05, 3.63) is 283 Å². The molecule has 0 aromatic heterocycles. The number of nitrogens with zero attached hydrogens (tertiary/aromatic N) is 1. The Hall–Kier alpha value is -8.52. The summed E-state index contributed by atoms with van der Waals surface area (Å²) in [6, 6.07) is 96.4. The van der Waals surface area contributed by atoms with E-state index >= 15 is 0 Å². The van der Waals surface area contributed by atoms with Crippen LogP contribution in [0.3, 0.4) is 0 Å². The van der Waals surface area contributed by atoms with Crippen LogP contribution >= 0.6 is 0 Å². The largest absolute Gasteiger partial charge is 0.310 e. The molecule has 0 unspecified atom stereocenters. The monoisotopic (exact) mass is 837 g/mol. The summed E-state index contributed by atoms with van der Waals surface area (Å²) in [4.78, 5) is 2.48. The van der Waals surface area contributed by atoms with Gasteiger partial charge in [0.15, 0.2) is 0 Å². The molecule has 0 fully saturated rings. The number of fused-ring (bicyclic) bond motifs is 9. The van der Waals surface area contributed by atoms with E-state index in [9.17, 15) is 0 Å². The fourth-order valence-electron chi connectivity index (χ4n) is 11.3. The van der Waals surface area contributed by atoms with E-state index in [1.54, 1.807) is 0 Å². The normalized spacial score (nSPS) is 12.7. The van der Waals surface area contributed by atoms with Crippen LogP contribution in [-0.2, 0) is 5.41 Å². The van der Waals surface area contributed by atoms with E-state index in [0.717, 1.165) is 17.1 Å². The topological polar surface area (TPSA) is 3.24 Å². The van der Waals surface area contributed by atoms with E-state index in [1.165, 1.54) is 98.7 Å². The minimum Gasteiger partial charge on any atom is -0.310 e. The van der Waals surface area contributed by atoms with Gasteiger partial charge in [-0.3, -0.25) is 0 Å². The average molecular weight is 838 g/mol. The summed E-state index contributed by atoms with van der Waals surface area (Å²) in [5.41, 5.74) is 15.2. The molecule has 0 saturated heterocycles. The predicted molar refractivity (Wildman–Crippen MR) is 279 cm³/mol. The van der Waals surface area contributed by atoms with Gasteiger partial charge in [-0.2, -0.15) is 0 Å². The average Bonchev–Trinajstić information content (AvgIpc) is 3.71. The van der Waals surface area contributed by atoms with Crippen LogP contribution in [0.5, 0.6) is 0 Å². The maximum Gasteiger partial charge on any atom is 0.0714 e. The molecule has 12 aromatic carbocycles. The fourth-order valence-corrected chi connectivity index (χ4v) is 11.3. The van der Waals surface area contributed by atoms with Crippen LogP contribution < -0.4 is 4.90 Å². The van der Waals surface area contributed by atoms with Crippen LogP contribution in [0.1, 0.15) is 22.3 Å². The molecule has 0 saturated carbocycles. The summed E-state index contributed by atoms with van der Waals surface area (Å²) in [6.07, 6.45) is 0. The van der Waals surface area contributed by atoms with Crippen molar-refractivity contribution >= 4 is 60.2 Å². The van der Waals surface area contributed by atoms with Gasteiger partial charge in [0.2, 0.25) is 0 Å². The van der Waals surface area contributed by atoms with Crippen molar-refractivity contribution in [3.63, 3.8) is 0 Å². The first-order valence-corrected chi connectivity index (χ1v) is 22.9. The molecule has 0 amide bonds. The fraction of sp³-hybridized carbons (Fsp3) is 0.0154. The van der Waals surface area contributed by atoms with E-state index in [0.29, 0.717) is 0 Å². The van der Waals surface area contributed by atoms with Gasteiger partial charge in [-0.25, -0.2) is 0 Å². The first-order valence-electron chi connectivity index (χ1n) is 22.9. The molecule has 1 nitrogen and oxygen atoms in total. The molecule has 0 aliphatic heterocycles. The molecule has 0 radical (unpaired) electrons. The lowest BCUT2D eigenvalue weighted by Gasteiger charge is -2.34. The van der Waals surface area contributed by atoms with Gasteiger partial charge >= 0.3 is 0 Å². The Balaban J connectivity index is 1.03. The van der Waals surface area contributed by atoms with Crippen molar-refractivity contribution in [2.24, 2.45) is 0 Å². The van der Waals surface area contributed by atoms with Crippen molar-refractivity contribution in [3.8, 4) is 33.4 Å². The second-order valence-electron chi connectivity index (χ2n) is 17.5. The molecule has 0 spiro atoms. The number of benzene rings is 12. The number of rotatable bonds is 7. The SMILES string of the molecule is c1ccc(C2(c3ccccc3)c3ccccc3-c3c(N(c4ccc(-c5cc6ccccc6c6ccccc56)cc4)c4ccc(-c5cc6ccccc6c6ccccc56)cc4)cccc32)cc1. The van der Waals surface area contributed by atoms with Gasteiger partial charge in [0, 0.05) is 16.9 Å². The Bertz CT molecular complexity index is 3590. The zero-order valence-electron chi connectivity index (χ0n) is 36.3. The van der Waals surface area contributed by atoms with Crippen LogP contribution in [0, 0.1) is 0 Å². The van der Waals surface area contributed by atoms with Crippen molar-refractivity contribution < 1.29 is 0 Å². The molecule has 1 heteroatoms. The first-order chi connectivity index (χ1) is 32.8. The van der Waals surface area contributed by atoms with Crippen LogP contribution in [0.15, 0.2) is 261 Å². The summed E-state index contributed by atoms with van der Waals surface area (Å²) >= 11 is 0. The highest BCUT2D eigenvalue weighted by atomic mass is 15.1. The lowest BCUT2D eigenvalue weighted by molar-refractivity contribution is 0.768. The molecule has 13 rings (SSSR count). The second-order valence-corrected chi connectivity index (χ2v) is 17.5. The zero-order chi connectivity index (χ0) is 43.6. The highest BCUT2D eigenvalue weighted by Gasteiger charge is 2.47. The van der Waals surface area contributed by atoms with E-state index < -0.39 is 5.41 Å².